The van der Waals surface area contributed by atoms with Gasteiger partial charge in [0, 0.05) is 30.8 Å². The molecule has 0 bridgehead atoms. The zero-order chi connectivity index (χ0) is 18.1. The van der Waals surface area contributed by atoms with Gasteiger partial charge in [-0.05, 0) is 44.0 Å². The maximum atomic E-state index is 13.0. The smallest absolute Gasteiger partial charge is 0.216 e. The standard InChI is InChI=1S/C17H20FN3O3S/c1-17(10-19-12-20-17)11-25(23,24)21-8-6-14(7-9-21)16(22)13-2-4-15(18)5-3-13/h2-5,10,12,14H,6-9,11H2,1H3/t17-/m0/s1. The van der Waals surface area contributed by atoms with Gasteiger partial charge in [0.1, 0.15) is 17.7 Å². The van der Waals surface area contributed by atoms with E-state index in [1.165, 1.54) is 41.1 Å². The zero-order valence-electron chi connectivity index (χ0n) is 13.9. The average Bonchev–Trinajstić information content (AvgIpc) is 3.00. The third kappa shape index (κ3) is 4.01. The second-order valence-corrected chi connectivity index (χ2v) is 8.65. The molecule has 1 atom stereocenters. The van der Waals surface area contributed by atoms with Gasteiger partial charge in [0.05, 0.1) is 5.75 Å². The highest BCUT2D eigenvalue weighted by Gasteiger charge is 2.37. The lowest BCUT2D eigenvalue weighted by Gasteiger charge is -2.32. The second-order valence-electron chi connectivity index (χ2n) is 6.68. The van der Waals surface area contributed by atoms with Crippen LogP contribution >= 0.6 is 0 Å². The number of hydrogen-bond donors (Lipinski definition) is 0. The molecule has 2 aliphatic rings. The minimum Gasteiger partial charge on any atom is -0.294 e. The number of aliphatic imine (C=N–C) groups is 2. The number of sulfonamides is 1. The molecule has 0 aromatic heterocycles. The molecule has 1 fully saturated rings. The predicted molar refractivity (Wildman–Crippen MR) is 94.2 cm³/mol. The molecule has 1 aromatic rings. The van der Waals surface area contributed by atoms with Crippen LogP contribution in [-0.2, 0) is 10.0 Å². The Kier molecular flexibility index (Phi) is 4.83. The van der Waals surface area contributed by atoms with Crippen molar-refractivity contribution in [2.45, 2.75) is 25.3 Å². The molecule has 0 saturated carbocycles. The Labute approximate surface area is 146 Å². The van der Waals surface area contributed by atoms with Crippen LogP contribution in [0.5, 0.6) is 0 Å². The van der Waals surface area contributed by atoms with Crippen LogP contribution < -0.4 is 0 Å². The molecule has 0 aliphatic carbocycles. The van der Waals surface area contributed by atoms with E-state index in [0.29, 0.717) is 31.5 Å². The van der Waals surface area contributed by atoms with Crippen LogP contribution in [-0.4, -0.2) is 55.4 Å². The van der Waals surface area contributed by atoms with Gasteiger partial charge in [-0.15, -0.1) is 0 Å². The van der Waals surface area contributed by atoms with Crippen LogP contribution in [0, 0.1) is 11.7 Å². The van der Waals surface area contributed by atoms with Crippen molar-refractivity contribution < 1.29 is 17.6 Å². The summed E-state index contributed by atoms with van der Waals surface area (Å²) >= 11 is 0. The molecule has 0 radical (unpaired) electrons. The van der Waals surface area contributed by atoms with E-state index in [1.807, 2.05) is 0 Å². The van der Waals surface area contributed by atoms with Crippen molar-refractivity contribution in [1.82, 2.24) is 4.31 Å². The lowest BCUT2D eigenvalue weighted by molar-refractivity contribution is 0.0875. The summed E-state index contributed by atoms with van der Waals surface area (Å²) in [6.07, 6.45) is 3.82. The fourth-order valence-corrected chi connectivity index (χ4v) is 5.01. The van der Waals surface area contributed by atoms with Crippen molar-refractivity contribution >= 4 is 28.4 Å². The van der Waals surface area contributed by atoms with Gasteiger partial charge in [-0.2, -0.15) is 0 Å². The third-order valence-corrected chi connectivity index (χ3v) is 6.69. The van der Waals surface area contributed by atoms with Crippen LogP contribution in [0.2, 0.25) is 0 Å². The van der Waals surface area contributed by atoms with Gasteiger partial charge in [0.25, 0.3) is 0 Å². The maximum absolute atomic E-state index is 13.0. The van der Waals surface area contributed by atoms with E-state index < -0.39 is 15.6 Å². The van der Waals surface area contributed by atoms with Gasteiger partial charge in [0.15, 0.2) is 5.78 Å². The van der Waals surface area contributed by atoms with Gasteiger partial charge in [-0.3, -0.25) is 9.79 Å². The number of benzene rings is 1. The first-order valence-electron chi connectivity index (χ1n) is 8.15. The number of rotatable bonds is 5. The van der Waals surface area contributed by atoms with Crippen molar-refractivity contribution in [3.8, 4) is 0 Å². The molecule has 0 spiro atoms. The number of piperidine rings is 1. The monoisotopic (exact) mass is 365 g/mol. The lowest BCUT2D eigenvalue weighted by Crippen LogP contribution is -2.45. The van der Waals surface area contributed by atoms with Crippen molar-refractivity contribution in [2.75, 3.05) is 18.8 Å². The quantitative estimate of drug-likeness (QED) is 0.748. The highest BCUT2D eigenvalue weighted by molar-refractivity contribution is 7.89. The van der Waals surface area contributed by atoms with Crippen LogP contribution in [0.25, 0.3) is 0 Å². The SMILES string of the molecule is C[C@@]1(CS(=O)(=O)N2CCC(C(=O)c3ccc(F)cc3)CC2)C=NC=N1. The Bertz CT molecular complexity index is 798. The molecule has 6 nitrogen and oxygen atoms in total. The van der Waals surface area contributed by atoms with Crippen molar-refractivity contribution in [3.63, 3.8) is 0 Å². The summed E-state index contributed by atoms with van der Waals surface area (Å²) in [5, 5.41) is 0. The Hall–Kier alpha value is -1.93. The van der Waals surface area contributed by atoms with Crippen LogP contribution in [0.4, 0.5) is 4.39 Å². The van der Waals surface area contributed by atoms with E-state index in [-0.39, 0.29) is 23.3 Å². The highest BCUT2D eigenvalue weighted by Crippen LogP contribution is 2.25. The Morgan fingerprint density at radius 3 is 2.48 bits per heavy atom. The molecule has 3 rings (SSSR count). The lowest BCUT2D eigenvalue weighted by atomic mass is 9.90. The topological polar surface area (TPSA) is 79.2 Å². The number of carbonyl (C=O) groups excluding carboxylic acids is 1. The summed E-state index contributed by atoms with van der Waals surface area (Å²) in [5.41, 5.74) is -0.355. The summed E-state index contributed by atoms with van der Waals surface area (Å²) in [6, 6.07) is 5.46. The first kappa shape index (κ1) is 17.9. The molecule has 0 unspecified atom stereocenters. The summed E-state index contributed by atoms with van der Waals surface area (Å²) in [6.45, 7) is 2.33. The maximum Gasteiger partial charge on any atom is 0.216 e. The molecular formula is C17H20FN3O3S. The number of hydrogen-bond acceptors (Lipinski definition) is 5. The van der Waals surface area contributed by atoms with E-state index in [4.69, 9.17) is 0 Å². The first-order chi connectivity index (χ1) is 11.8. The molecule has 1 saturated heterocycles. The predicted octanol–water partition coefficient (Wildman–Crippen LogP) is 1.92. The molecular weight excluding hydrogens is 345 g/mol. The molecule has 1 aromatic carbocycles. The number of Topliss-reactive ketones (excluding diaryl/α,β-unsaturated/α-hetero) is 1. The highest BCUT2D eigenvalue weighted by atomic mass is 32.2. The Morgan fingerprint density at radius 2 is 1.92 bits per heavy atom. The zero-order valence-corrected chi connectivity index (χ0v) is 14.7. The molecule has 0 amide bonds. The minimum atomic E-state index is -3.48. The third-order valence-electron chi connectivity index (χ3n) is 4.59. The van der Waals surface area contributed by atoms with Gasteiger partial charge < -0.3 is 0 Å². The summed E-state index contributed by atoms with van der Waals surface area (Å²) < 4.78 is 39.6. The van der Waals surface area contributed by atoms with E-state index >= 15 is 0 Å². The van der Waals surface area contributed by atoms with Crippen LogP contribution in [0.15, 0.2) is 34.3 Å². The van der Waals surface area contributed by atoms with Gasteiger partial charge in [-0.25, -0.2) is 22.1 Å². The summed E-state index contributed by atoms with van der Waals surface area (Å²) in [5.74, 6) is -0.810. The largest absolute Gasteiger partial charge is 0.294 e. The van der Waals surface area contributed by atoms with E-state index in [9.17, 15) is 17.6 Å². The fraction of sp³-hybridized carbons (Fsp3) is 0.471. The summed E-state index contributed by atoms with van der Waals surface area (Å²) in [7, 11) is -3.48. The van der Waals surface area contributed by atoms with E-state index in [0.717, 1.165) is 0 Å². The molecule has 2 aliphatic heterocycles. The molecule has 8 heteroatoms. The van der Waals surface area contributed by atoms with Crippen molar-refractivity contribution in [2.24, 2.45) is 15.9 Å². The first-order valence-corrected chi connectivity index (χ1v) is 9.76. The number of ketones is 1. The second kappa shape index (κ2) is 6.76. The normalized spacial score (nSPS) is 24.7. The minimum absolute atomic E-state index is 0.0588. The fourth-order valence-electron chi connectivity index (χ4n) is 3.17. The molecule has 2 heterocycles. The average molecular weight is 365 g/mol. The van der Waals surface area contributed by atoms with Gasteiger partial charge >= 0.3 is 0 Å². The van der Waals surface area contributed by atoms with E-state index in [1.54, 1.807) is 6.92 Å². The Morgan fingerprint density at radius 1 is 1.28 bits per heavy atom. The van der Waals surface area contributed by atoms with Gasteiger partial charge in [0.2, 0.25) is 10.0 Å². The number of nitrogens with zero attached hydrogens (tertiary/aromatic N) is 3. The summed E-state index contributed by atoms with van der Waals surface area (Å²) in [4.78, 5) is 20.4. The van der Waals surface area contributed by atoms with Gasteiger partial charge in [-0.1, -0.05) is 0 Å². The van der Waals surface area contributed by atoms with E-state index in [2.05, 4.69) is 9.98 Å². The molecule has 134 valence electrons. The van der Waals surface area contributed by atoms with Crippen molar-refractivity contribution in [1.29, 1.82) is 0 Å². The van der Waals surface area contributed by atoms with Crippen LogP contribution in [0.3, 0.4) is 0 Å². The molecule has 25 heavy (non-hydrogen) atoms. The molecule has 0 N–H and O–H groups in total. The Balaban J connectivity index is 1.61. The van der Waals surface area contributed by atoms with Crippen LogP contribution in [0.1, 0.15) is 30.1 Å². The number of halogens is 1. The number of carbonyl (C=O) groups is 1. The van der Waals surface area contributed by atoms with Crippen molar-refractivity contribution in [3.05, 3.63) is 35.6 Å².